The summed E-state index contributed by atoms with van der Waals surface area (Å²) < 4.78 is 45.9. The zero-order valence-corrected chi connectivity index (χ0v) is 9.52. The highest BCUT2D eigenvalue weighted by atomic mass is 19.3. The van der Waals surface area contributed by atoms with E-state index in [2.05, 4.69) is 9.73 Å². The molecule has 0 saturated heterocycles. The van der Waals surface area contributed by atoms with Crippen molar-refractivity contribution in [2.75, 3.05) is 0 Å². The first-order valence-corrected chi connectivity index (χ1v) is 5.06. The molecule has 0 amide bonds. The summed E-state index contributed by atoms with van der Waals surface area (Å²) in [5.74, 6) is -0.320. The maximum Gasteiger partial charge on any atom is 0.344 e. The van der Waals surface area contributed by atoms with E-state index in [0.717, 1.165) is 18.2 Å². The van der Waals surface area contributed by atoms with Crippen LogP contribution in [0.4, 0.5) is 18.9 Å². The zero-order valence-electron chi connectivity index (χ0n) is 9.52. The number of rotatable bonds is 3. The van der Waals surface area contributed by atoms with Crippen LogP contribution in [-0.4, -0.2) is 6.08 Å². The van der Waals surface area contributed by atoms with Gasteiger partial charge in [-0.2, -0.15) is 18.2 Å². The molecule has 0 saturated carbocycles. The van der Waals surface area contributed by atoms with Gasteiger partial charge in [0.2, 0.25) is 6.08 Å². The second kappa shape index (κ2) is 5.41. The smallest absolute Gasteiger partial charge is 0.344 e. The van der Waals surface area contributed by atoms with E-state index in [0.29, 0.717) is 0 Å². The van der Waals surface area contributed by atoms with Crippen molar-refractivity contribution in [3.05, 3.63) is 46.8 Å². The Morgan fingerprint density at radius 2 is 1.95 bits per heavy atom. The van der Waals surface area contributed by atoms with Crippen LogP contribution < -0.4 is 10.4 Å². The predicted octanol–water partition coefficient (Wildman–Crippen LogP) is 3.17. The standard InChI is InChI=1S/C12H4F3NO4/c13-11(14)12(15)19-8-3-2-7(16-5-17)10-6(8)1-4-9(18)20-10/h1-4H. The summed E-state index contributed by atoms with van der Waals surface area (Å²) in [6.07, 6.45) is -1.39. The molecule has 0 fully saturated rings. The number of ether oxygens (including phenoxy) is 1. The predicted molar refractivity (Wildman–Crippen MR) is 61.2 cm³/mol. The summed E-state index contributed by atoms with van der Waals surface area (Å²) in [5.41, 5.74) is -1.03. The van der Waals surface area contributed by atoms with E-state index in [4.69, 9.17) is 4.42 Å². The Hall–Kier alpha value is -2.86. The van der Waals surface area contributed by atoms with E-state index in [1.165, 1.54) is 12.1 Å². The largest absolute Gasteiger partial charge is 0.427 e. The molecular weight excluding hydrogens is 279 g/mol. The average molecular weight is 283 g/mol. The van der Waals surface area contributed by atoms with Crippen LogP contribution in [0, 0.1) is 0 Å². The van der Waals surface area contributed by atoms with Crippen molar-refractivity contribution >= 4 is 22.7 Å². The van der Waals surface area contributed by atoms with Gasteiger partial charge in [-0.3, -0.25) is 0 Å². The third-order valence-corrected chi connectivity index (χ3v) is 2.24. The maximum absolute atomic E-state index is 12.8. The minimum atomic E-state index is -2.63. The first-order chi connectivity index (χ1) is 9.52. The van der Waals surface area contributed by atoms with Gasteiger partial charge in [0, 0.05) is 6.07 Å². The summed E-state index contributed by atoms with van der Waals surface area (Å²) in [6, 6.07) is 2.31. The highest BCUT2D eigenvalue weighted by molar-refractivity contribution is 5.92. The number of aliphatic imine (C=N–C) groups is 1. The van der Waals surface area contributed by atoms with Crippen molar-refractivity contribution in [2.24, 2.45) is 4.99 Å². The summed E-state index contributed by atoms with van der Waals surface area (Å²) >= 11 is 0. The van der Waals surface area contributed by atoms with Crippen LogP contribution in [0.1, 0.15) is 0 Å². The molecule has 0 unspecified atom stereocenters. The van der Waals surface area contributed by atoms with E-state index in [1.54, 1.807) is 0 Å². The second-order valence-corrected chi connectivity index (χ2v) is 3.42. The van der Waals surface area contributed by atoms with E-state index >= 15 is 0 Å². The third kappa shape index (κ3) is 2.60. The van der Waals surface area contributed by atoms with E-state index in [1.807, 2.05) is 0 Å². The van der Waals surface area contributed by atoms with Crippen LogP contribution in [-0.2, 0) is 4.79 Å². The highest BCUT2D eigenvalue weighted by Crippen LogP contribution is 2.33. The molecule has 0 N–H and O–H groups in total. The molecule has 1 aromatic heterocycles. The Bertz CT molecular complexity index is 802. The van der Waals surface area contributed by atoms with Crippen LogP contribution in [0.3, 0.4) is 0 Å². The molecule has 8 heteroatoms. The topological polar surface area (TPSA) is 68.9 Å². The molecule has 102 valence electrons. The fourth-order valence-corrected chi connectivity index (χ4v) is 1.48. The molecule has 0 aliphatic heterocycles. The number of hydrogen-bond acceptors (Lipinski definition) is 5. The average Bonchev–Trinajstić information content (AvgIpc) is 2.41. The lowest BCUT2D eigenvalue weighted by Crippen LogP contribution is -1.97. The normalized spacial score (nSPS) is 9.95. The van der Waals surface area contributed by atoms with Gasteiger partial charge >= 0.3 is 17.7 Å². The number of benzene rings is 1. The Balaban J connectivity index is 2.70. The van der Waals surface area contributed by atoms with Gasteiger partial charge in [0.15, 0.2) is 5.58 Å². The second-order valence-electron chi connectivity index (χ2n) is 3.42. The van der Waals surface area contributed by atoms with Crippen LogP contribution in [0.25, 0.3) is 11.0 Å². The lowest BCUT2D eigenvalue weighted by Gasteiger charge is -2.06. The Morgan fingerprint density at radius 1 is 1.20 bits per heavy atom. The number of nitrogens with zero attached hydrogens (tertiary/aromatic N) is 1. The number of fused-ring (bicyclic) bond motifs is 1. The van der Waals surface area contributed by atoms with Crippen LogP contribution in [0.5, 0.6) is 5.75 Å². The highest BCUT2D eigenvalue weighted by Gasteiger charge is 2.14. The van der Waals surface area contributed by atoms with Crippen molar-refractivity contribution in [1.82, 2.24) is 0 Å². The molecule has 0 atom stereocenters. The van der Waals surface area contributed by atoms with E-state index < -0.39 is 17.7 Å². The molecule has 5 nitrogen and oxygen atoms in total. The summed E-state index contributed by atoms with van der Waals surface area (Å²) in [4.78, 5) is 24.7. The Morgan fingerprint density at radius 3 is 2.60 bits per heavy atom. The number of carbonyl (C=O) groups excluding carboxylic acids is 1. The van der Waals surface area contributed by atoms with Gasteiger partial charge in [0.1, 0.15) is 11.4 Å². The van der Waals surface area contributed by atoms with Gasteiger partial charge in [-0.1, -0.05) is 0 Å². The van der Waals surface area contributed by atoms with Crippen LogP contribution >= 0.6 is 0 Å². The lowest BCUT2D eigenvalue weighted by molar-refractivity contribution is 0.243. The molecule has 0 aliphatic carbocycles. The third-order valence-electron chi connectivity index (χ3n) is 2.24. The Kier molecular flexibility index (Phi) is 3.67. The Labute approximate surface area is 108 Å². The summed E-state index contributed by atoms with van der Waals surface area (Å²) in [7, 11) is 0. The molecule has 0 bridgehead atoms. The monoisotopic (exact) mass is 283 g/mol. The van der Waals surface area contributed by atoms with Gasteiger partial charge in [-0.25, -0.2) is 9.59 Å². The van der Waals surface area contributed by atoms with Crippen molar-refractivity contribution in [3.63, 3.8) is 0 Å². The molecule has 0 radical (unpaired) electrons. The molecule has 0 aliphatic rings. The fraction of sp³-hybridized carbons (Fsp3) is 0. The van der Waals surface area contributed by atoms with Gasteiger partial charge in [0.05, 0.1) is 5.39 Å². The minimum Gasteiger partial charge on any atom is -0.427 e. The number of hydrogen-bond donors (Lipinski definition) is 0. The number of isocyanates is 1. The molecular formula is C12H4F3NO4. The maximum atomic E-state index is 12.8. The number of halogens is 3. The SMILES string of the molecule is O=C=Nc1ccc(OC(F)=C(F)F)c2ccc(=O)oc12. The van der Waals surface area contributed by atoms with Crippen LogP contribution in [0.15, 0.2) is 50.6 Å². The summed E-state index contributed by atoms with van der Waals surface area (Å²) in [5, 5.41) is -0.00231. The minimum absolute atomic E-state index is 0.00231. The quantitative estimate of drug-likeness (QED) is 0.375. The van der Waals surface area contributed by atoms with Gasteiger partial charge < -0.3 is 9.15 Å². The van der Waals surface area contributed by atoms with Gasteiger partial charge in [-0.05, 0) is 18.2 Å². The molecule has 1 heterocycles. The summed E-state index contributed by atoms with van der Waals surface area (Å²) in [6.45, 7) is 0. The molecule has 2 aromatic rings. The first-order valence-electron chi connectivity index (χ1n) is 5.06. The first kappa shape index (κ1) is 13.6. The fourth-order valence-electron chi connectivity index (χ4n) is 1.48. The molecule has 20 heavy (non-hydrogen) atoms. The van der Waals surface area contributed by atoms with Gasteiger partial charge in [0.25, 0.3) is 0 Å². The van der Waals surface area contributed by atoms with Crippen molar-refractivity contribution in [1.29, 1.82) is 0 Å². The molecule has 0 spiro atoms. The lowest BCUT2D eigenvalue weighted by atomic mass is 10.2. The van der Waals surface area contributed by atoms with Crippen molar-refractivity contribution in [3.8, 4) is 5.75 Å². The van der Waals surface area contributed by atoms with Gasteiger partial charge in [-0.15, -0.1) is 0 Å². The van der Waals surface area contributed by atoms with E-state index in [9.17, 15) is 22.8 Å². The van der Waals surface area contributed by atoms with E-state index in [-0.39, 0.29) is 22.4 Å². The van der Waals surface area contributed by atoms with Crippen molar-refractivity contribution < 1.29 is 27.1 Å². The van der Waals surface area contributed by atoms with Crippen molar-refractivity contribution in [2.45, 2.75) is 0 Å². The molecule has 2 rings (SSSR count). The molecule has 1 aromatic carbocycles. The zero-order chi connectivity index (χ0) is 14.7. The van der Waals surface area contributed by atoms with Crippen LogP contribution in [0.2, 0.25) is 0 Å².